The second-order valence-electron chi connectivity index (χ2n) is 17.8. The second kappa shape index (κ2) is 49.0. The SMILES string of the molecule is CCCC/C=C\CCCCCCCC(=O)OCCCCCCCCCCC/C=C\CCCCCCCC(=O)NC(CO)C(O)CCCCCCCCCCCCCCC. The van der Waals surface area contributed by atoms with E-state index in [0.717, 1.165) is 57.8 Å². The summed E-state index contributed by atoms with van der Waals surface area (Å²) in [5.41, 5.74) is 0. The highest BCUT2D eigenvalue weighted by atomic mass is 16.5. The van der Waals surface area contributed by atoms with E-state index in [-0.39, 0.29) is 18.5 Å². The molecule has 0 aliphatic carbocycles. The molecule has 0 saturated carbocycles. The van der Waals surface area contributed by atoms with Gasteiger partial charge in [-0.2, -0.15) is 0 Å². The fraction of sp³-hybridized carbons (Fsp3) is 0.887. The molecule has 0 fully saturated rings. The molecule has 0 rings (SSSR count). The minimum absolute atomic E-state index is 0.00843. The van der Waals surface area contributed by atoms with Crippen LogP contribution in [0.2, 0.25) is 0 Å². The molecule has 0 radical (unpaired) electrons. The maximum absolute atomic E-state index is 12.4. The van der Waals surface area contributed by atoms with E-state index >= 15 is 0 Å². The van der Waals surface area contributed by atoms with E-state index < -0.39 is 12.1 Å². The molecule has 6 nitrogen and oxygen atoms in total. The Hall–Kier alpha value is -1.66. The molecule has 0 aromatic rings. The van der Waals surface area contributed by atoms with Gasteiger partial charge in [0.15, 0.2) is 0 Å². The topological polar surface area (TPSA) is 95.9 Å². The fourth-order valence-corrected chi connectivity index (χ4v) is 7.91. The number of unbranched alkanes of at least 4 members (excludes halogenated alkanes) is 33. The number of hydrogen-bond acceptors (Lipinski definition) is 5. The van der Waals surface area contributed by atoms with Crippen LogP contribution in [0.3, 0.4) is 0 Å². The lowest BCUT2D eigenvalue weighted by Crippen LogP contribution is -2.45. The van der Waals surface area contributed by atoms with Crippen LogP contribution in [0.4, 0.5) is 0 Å². The molecule has 0 bridgehead atoms. The van der Waals surface area contributed by atoms with Gasteiger partial charge in [-0.05, 0) is 70.6 Å². The summed E-state index contributed by atoms with van der Waals surface area (Å²) in [6.45, 7) is 4.89. The van der Waals surface area contributed by atoms with Crippen molar-refractivity contribution < 1.29 is 24.5 Å². The van der Waals surface area contributed by atoms with Crippen LogP contribution in [-0.2, 0) is 14.3 Å². The molecule has 348 valence electrons. The molecule has 3 N–H and O–H groups in total. The molecule has 0 saturated heterocycles. The van der Waals surface area contributed by atoms with E-state index in [1.807, 2.05) is 0 Å². The number of rotatable bonds is 48. The van der Waals surface area contributed by atoms with Crippen LogP contribution in [0, 0.1) is 0 Å². The van der Waals surface area contributed by atoms with Crippen molar-refractivity contribution in [2.24, 2.45) is 0 Å². The van der Waals surface area contributed by atoms with Crippen molar-refractivity contribution in [2.45, 2.75) is 289 Å². The quantitative estimate of drug-likeness (QED) is 0.0322. The van der Waals surface area contributed by atoms with Gasteiger partial charge in [-0.3, -0.25) is 9.59 Å². The Morgan fingerprint density at radius 3 is 1.25 bits per heavy atom. The molecule has 0 spiro atoms. The van der Waals surface area contributed by atoms with E-state index in [1.165, 1.54) is 186 Å². The highest BCUT2D eigenvalue weighted by Crippen LogP contribution is 2.16. The van der Waals surface area contributed by atoms with Gasteiger partial charge in [0.25, 0.3) is 0 Å². The molecule has 59 heavy (non-hydrogen) atoms. The van der Waals surface area contributed by atoms with Gasteiger partial charge in [0.1, 0.15) is 0 Å². The highest BCUT2D eigenvalue weighted by molar-refractivity contribution is 5.76. The smallest absolute Gasteiger partial charge is 0.305 e. The van der Waals surface area contributed by atoms with Gasteiger partial charge in [-0.15, -0.1) is 0 Å². The first-order valence-corrected chi connectivity index (χ1v) is 26.1. The van der Waals surface area contributed by atoms with E-state index in [1.54, 1.807) is 0 Å². The number of nitrogens with one attached hydrogen (secondary N) is 1. The summed E-state index contributed by atoms with van der Waals surface area (Å²) in [4.78, 5) is 24.4. The molecule has 0 aromatic heterocycles. The number of carbonyl (C=O) groups is 2. The standard InChI is InChI=1S/C53H101NO5/c1-3-5-7-9-11-13-15-22-26-29-33-37-41-45-51(56)50(49-55)54-52(57)46-42-38-34-30-27-23-20-18-16-17-19-21-24-28-32-36-40-44-48-59-53(58)47-43-39-35-31-25-14-12-10-8-6-4-2/h10,12,18,20,50-51,55-56H,3-9,11,13-17,19,21-49H2,1-2H3,(H,54,57)/b12-10-,20-18-. The van der Waals surface area contributed by atoms with Gasteiger partial charge in [-0.25, -0.2) is 0 Å². The first-order chi connectivity index (χ1) is 29.0. The number of ether oxygens (including phenoxy) is 1. The Balaban J connectivity index is 3.46. The molecule has 0 heterocycles. The Labute approximate surface area is 367 Å². The Kier molecular flexibility index (Phi) is 47.6. The van der Waals surface area contributed by atoms with E-state index in [9.17, 15) is 19.8 Å². The van der Waals surface area contributed by atoms with Gasteiger partial charge in [0, 0.05) is 12.8 Å². The summed E-state index contributed by atoms with van der Waals surface area (Å²) in [6, 6.07) is -0.550. The molecule has 6 heteroatoms. The van der Waals surface area contributed by atoms with Gasteiger partial charge in [-0.1, -0.05) is 218 Å². The lowest BCUT2D eigenvalue weighted by molar-refractivity contribution is -0.143. The molecule has 2 atom stereocenters. The van der Waals surface area contributed by atoms with Crippen molar-refractivity contribution in [1.29, 1.82) is 0 Å². The maximum atomic E-state index is 12.4. The Bertz CT molecular complexity index is 920. The first-order valence-electron chi connectivity index (χ1n) is 26.1. The van der Waals surface area contributed by atoms with E-state index in [2.05, 4.69) is 43.5 Å². The molecular weight excluding hydrogens is 731 g/mol. The van der Waals surface area contributed by atoms with Crippen molar-refractivity contribution in [3.8, 4) is 0 Å². The Morgan fingerprint density at radius 1 is 0.458 bits per heavy atom. The fourth-order valence-electron chi connectivity index (χ4n) is 7.91. The van der Waals surface area contributed by atoms with Crippen molar-refractivity contribution in [1.82, 2.24) is 5.32 Å². The third kappa shape index (κ3) is 45.7. The number of aliphatic hydroxyl groups excluding tert-OH is 2. The summed E-state index contributed by atoms with van der Waals surface area (Å²) in [5, 5.41) is 23.2. The zero-order valence-electron chi connectivity index (χ0n) is 39.5. The summed E-state index contributed by atoms with van der Waals surface area (Å²) < 4.78 is 5.44. The average Bonchev–Trinajstić information content (AvgIpc) is 3.24. The maximum Gasteiger partial charge on any atom is 0.305 e. The summed E-state index contributed by atoms with van der Waals surface area (Å²) >= 11 is 0. The molecular formula is C53H101NO5. The highest BCUT2D eigenvalue weighted by Gasteiger charge is 2.20. The first kappa shape index (κ1) is 57.3. The van der Waals surface area contributed by atoms with Crippen molar-refractivity contribution in [3.05, 3.63) is 24.3 Å². The summed E-state index contributed by atoms with van der Waals surface area (Å²) in [6.07, 6.45) is 57.2. The van der Waals surface area contributed by atoms with E-state index in [0.29, 0.717) is 25.9 Å². The predicted octanol–water partition coefficient (Wildman–Crippen LogP) is 15.5. The van der Waals surface area contributed by atoms with Crippen LogP contribution < -0.4 is 5.32 Å². The van der Waals surface area contributed by atoms with Crippen LogP contribution in [0.25, 0.3) is 0 Å². The largest absolute Gasteiger partial charge is 0.466 e. The van der Waals surface area contributed by atoms with Gasteiger partial charge in [0.05, 0.1) is 25.4 Å². The van der Waals surface area contributed by atoms with Crippen LogP contribution in [-0.4, -0.2) is 47.4 Å². The third-order valence-electron chi connectivity index (χ3n) is 12.0. The van der Waals surface area contributed by atoms with Crippen molar-refractivity contribution in [3.63, 3.8) is 0 Å². The van der Waals surface area contributed by atoms with Gasteiger partial charge in [0.2, 0.25) is 5.91 Å². The number of hydrogen-bond donors (Lipinski definition) is 3. The summed E-state index contributed by atoms with van der Waals surface area (Å²) in [7, 11) is 0. The average molecular weight is 832 g/mol. The number of allylic oxidation sites excluding steroid dienone is 4. The number of esters is 1. The summed E-state index contributed by atoms with van der Waals surface area (Å²) in [5.74, 6) is -0.0582. The third-order valence-corrected chi connectivity index (χ3v) is 12.0. The number of aliphatic hydroxyl groups is 2. The monoisotopic (exact) mass is 832 g/mol. The van der Waals surface area contributed by atoms with Crippen LogP contribution in [0.5, 0.6) is 0 Å². The van der Waals surface area contributed by atoms with Crippen LogP contribution in [0.15, 0.2) is 24.3 Å². The molecule has 2 unspecified atom stereocenters. The van der Waals surface area contributed by atoms with Crippen molar-refractivity contribution >= 4 is 11.9 Å². The predicted molar refractivity (Wildman–Crippen MR) is 255 cm³/mol. The lowest BCUT2D eigenvalue weighted by Gasteiger charge is -2.22. The molecule has 0 aliphatic rings. The molecule has 0 aliphatic heterocycles. The lowest BCUT2D eigenvalue weighted by atomic mass is 10.0. The van der Waals surface area contributed by atoms with Gasteiger partial charge >= 0.3 is 5.97 Å². The van der Waals surface area contributed by atoms with Gasteiger partial charge < -0.3 is 20.3 Å². The van der Waals surface area contributed by atoms with Crippen LogP contribution in [0.1, 0.15) is 277 Å². The molecule has 0 aromatic carbocycles. The van der Waals surface area contributed by atoms with E-state index in [4.69, 9.17) is 4.74 Å². The minimum atomic E-state index is -0.671. The number of carbonyl (C=O) groups excluding carboxylic acids is 2. The molecule has 1 amide bonds. The van der Waals surface area contributed by atoms with Crippen molar-refractivity contribution in [2.75, 3.05) is 13.2 Å². The normalized spacial score (nSPS) is 12.8. The minimum Gasteiger partial charge on any atom is -0.466 e. The Morgan fingerprint density at radius 2 is 0.814 bits per heavy atom. The van der Waals surface area contributed by atoms with Crippen LogP contribution >= 0.6 is 0 Å². The zero-order chi connectivity index (χ0) is 43.0. The second-order valence-corrected chi connectivity index (χ2v) is 17.8. The zero-order valence-corrected chi connectivity index (χ0v) is 39.5. The number of amides is 1.